The van der Waals surface area contributed by atoms with Crippen LogP contribution in [0.25, 0.3) is 10.9 Å². The van der Waals surface area contributed by atoms with E-state index in [1.54, 1.807) is 24.7 Å². The van der Waals surface area contributed by atoms with Crippen molar-refractivity contribution in [1.82, 2.24) is 19.9 Å². The summed E-state index contributed by atoms with van der Waals surface area (Å²) in [6, 6.07) is 13.2. The summed E-state index contributed by atoms with van der Waals surface area (Å²) in [4.78, 5) is 21.4. The number of nitrogens with one attached hydrogen (secondary N) is 1. The van der Waals surface area contributed by atoms with E-state index in [0.29, 0.717) is 22.6 Å². The number of likely N-dealkylation sites (N-methyl/N-ethyl adjacent to an activating group) is 1. The minimum absolute atomic E-state index is 0.0372. The van der Waals surface area contributed by atoms with Gasteiger partial charge in [-0.05, 0) is 49.5 Å². The highest BCUT2D eigenvalue weighted by Crippen LogP contribution is 2.32. The molecule has 3 aromatic heterocycles. The standard InChI is InChI=1S/C24H25N7O/c1-30-9-11-31(12-10-30)21-7-5-18(15-27-21)28-23(16-3-2-8-26-14-16)22-19-6-4-17(25)13-20(19)29-24(22)32/h2-8,13-15,29,32H,9-12,25H2,1H3. The number of anilines is 2. The number of aliphatic imine (C=N–C) groups is 1. The molecule has 0 spiro atoms. The Labute approximate surface area is 186 Å². The third-order valence-corrected chi connectivity index (χ3v) is 5.78. The van der Waals surface area contributed by atoms with Gasteiger partial charge in [-0.1, -0.05) is 0 Å². The number of nitrogens with two attached hydrogens (primary N) is 1. The number of hydrogen-bond acceptors (Lipinski definition) is 7. The lowest BCUT2D eigenvalue weighted by atomic mass is 10.0. The third kappa shape index (κ3) is 3.88. The molecule has 162 valence electrons. The van der Waals surface area contributed by atoms with E-state index in [1.165, 1.54) is 0 Å². The van der Waals surface area contributed by atoms with Crippen LogP contribution in [0, 0.1) is 0 Å². The highest BCUT2D eigenvalue weighted by molar-refractivity contribution is 6.21. The van der Waals surface area contributed by atoms with E-state index in [-0.39, 0.29) is 5.88 Å². The smallest absolute Gasteiger partial charge is 0.199 e. The Kier molecular flexibility index (Phi) is 5.20. The monoisotopic (exact) mass is 427 g/mol. The van der Waals surface area contributed by atoms with Crippen LogP contribution in [0.5, 0.6) is 5.88 Å². The molecule has 1 aliphatic heterocycles. The van der Waals surface area contributed by atoms with Crippen molar-refractivity contribution >= 4 is 33.8 Å². The van der Waals surface area contributed by atoms with Crippen molar-refractivity contribution < 1.29 is 5.11 Å². The molecule has 1 aliphatic rings. The second kappa shape index (κ2) is 8.32. The van der Waals surface area contributed by atoms with E-state index in [2.05, 4.69) is 31.8 Å². The van der Waals surface area contributed by atoms with Gasteiger partial charge in [0, 0.05) is 55.2 Å². The van der Waals surface area contributed by atoms with Gasteiger partial charge in [0.25, 0.3) is 0 Å². The minimum atomic E-state index is 0.0372. The molecule has 0 saturated carbocycles. The van der Waals surface area contributed by atoms with Crippen molar-refractivity contribution in [3.05, 3.63) is 72.2 Å². The molecule has 4 aromatic rings. The van der Waals surface area contributed by atoms with Gasteiger partial charge in [0.05, 0.1) is 28.7 Å². The summed E-state index contributed by atoms with van der Waals surface area (Å²) in [5.41, 5.74) is 10.0. The topological polar surface area (TPSA) is 107 Å². The van der Waals surface area contributed by atoms with E-state index in [4.69, 9.17) is 10.7 Å². The highest BCUT2D eigenvalue weighted by Gasteiger charge is 2.19. The zero-order valence-electron chi connectivity index (χ0n) is 17.9. The number of pyridine rings is 2. The largest absolute Gasteiger partial charge is 0.494 e. The van der Waals surface area contributed by atoms with Gasteiger partial charge >= 0.3 is 0 Å². The fraction of sp³-hybridized carbons (Fsp3) is 0.208. The number of nitrogens with zero attached hydrogens (tertiary/aromatic N) is 5. The molecule has 4 heterocycles. The molecule has 0 bridgehead atoms. The molecular formula is C24H25N7O. The molecule has 0 amide bonds. The maximum atomic E-state index is 10.7. The SMILES string of the molecule is CN1CCN(c2ccc(N=C(c3cccnc3)c3c(O)[nH]c4cc(N)ccc34)cn2)CC1. The van der Waals surface area contributed by atoms with Crippen LogP contribution in [-0.4, -0.2) is 63.9 Å². The molecular weight excluding hydrogens is 402 g/mol. The van der Waals surface area contributed by atoms with Gasteiger partial charge in [0.2, 0.25) is 0 Å². The molecule has 0 radical (unpaired) electrons. The molecule has 0 aliphatic carbocycles. The van der Waals surface area contributed by atoms with Crippen LogP contribution in [0.3, 0.4) is 0 Å². The maximum absolute atomic E-state index is 10.7. The Morgan fingerprint density at radius 1 is 1.09 bits per heavy atom. The highest BCUT2D eigenvalue weighted by atomic mass is 16.3. The lowest BCUT2D eigenvalue weighted by molar-refractivity contribution is 0.312. The van der Waals surface area contributed by atoms with E-state index < -0.39 is 0 Å². The molecule has 5 rings (SSSR count). The first-order valence-corrected chi connectivity index (χ1v) is 10.6. The number of rotatable bonds is 4. The number of piperazine rings is 1. The molecule has 1 fully saturated rings. The number of aromatic hydroxyl groups is 1. The maximum Gasteiger partial charge on any atom is 0.199 e. The van der Waals surface area contributed by atoms with E-state index in [0.717, 1.165) is 48.5 Å². The van der Waals surface area contributed by atoms with Crippen LogP contribution in [-0.2, 0) is 0 Å². The van der Waals surface area contributed by atoms with Crippen LogP contribution >= 0.6 is 0 Å². The van der Waals surface area contributed by atoms with Gasteiger partial charge in [-0.3, -0.25) is 4.98 Å². The molecule has 4 N–H and O–H groups in total. The predicted octanol–water partition coefficient (Wildman–Crippen LogP) is 3.17. The Morgan fingerprint density at radius 3 is 2.66 bits per heavy atom. The quantitative estimate of drug-likeness (QED) is 0.341. The molecule has 8 nitrogen and oxygen atoms in total. The summed E-state index contributed by atoms with van der Waals surface area (Å²) in [7, 11) is 2.14. The Morgan fingerprint density at radius 2 is 1.94 bits per heavy atom. The molecule has 1 saturated heterocycles. The van der Waals surface area contributed by atoms with Crippen molar-refractivity contribution in [2.75, 3.05) is 43.9 Å². The second-order valence-electron chi connectivity index (χ2n) is 8.02. The molecule has 8 heteroatoms. The van der Waals surface area contributed by atoms with Crippen molar-refractivity contribution in [2.24, 2.45) is 4.99 Å². The number of hydrogen-bond donors (Lipinski definition) is 3. The molecule has 1 aromatic carbocycles. The Balaban J connectivity index is 1.56. The van der Waals surface area contributed by atoms with Crippen LogP contribution in [0.15, 0.2) is 66.0 Å². The van der Waals surface area contributed by atoms with Crippen molar-refractivity contribution in [3.63, 3.8) is 0 Å². The summed E-state index contributed by atoms with van der Waals surface area (Å²) < 4.78 is 0. The first-order chi connectivity index (χ1) is 15.6. The van der Waals surface area contributed by atoms with Gasteiger partial charge in [0.1, 0.15) is 5.82 Å². The fourth-order valence-electron chi connectivity index (χ4n) is 4.00. The summed E-state index contributed by atoms with van der Waals surface area (Å²) in [5.74, 6) is 0.987. The van der Waals surface area contributed by atoms with Crippen LogP contribution in [0.2, 0.25) is 0 Å². The van der Waals surface area contributed by atoms with Crippen LogP contribution in [0.1, 0.15) is 11.1 Å². The number of H-pyrrole nitrogens is 1. The molecule has 0 atom stereocenters. The van der Waals surface area contributed by atoms with E-state index in [9.17, 15) is 5.11 Å². The Hall–Kier alpha value is -3.91. The minimum Gasteiger partial charge on any atom is -0.494 e. The van der Waals surface area contributed by atoms with Crippen LogP contribution in [0.4, 0.5) is 17.2 Å². The van der Waals surface area contributed by atoms with E-state index >= 15 is 0 Å². The van der Waals surface area contributed by atoms with Crippen molar-refractivity contribution in [2.45, 2.75) is 0 Å². The number of nitrogen functional groups attached to an aromatic ring is 1. The summed E-state index contributed by atoms with van der Waals surface area (Å²) in [5, 5.41) is 11.6. The number of aromatic amines is 1. The molecule has 0 unspecified atom stereocenters. The number of benzene rings is 1. The zero-order valence-corrected chi connectivity index (χ0v) is 17.9. The summed E-state index contributed by atoms with van der Waals surface area (Å²) in [6.07, 6.45) is 5.22. The second-order valence-corrected chi connectivity index (χ2v) is 8.02. The first kappa shape index (κ1) is 20.0. The fourth-order valence-corrected chi connectivity index (χ4v) is 4.00. The van der Waals surface area contributed by atoms with Gasteiger partial charge < -0.3 is 25.6 Å². The van der Waals surface area contributed by atoms with Crippen molar-refractivity contribution in [1.29, 1.82) is 0 Å². The summed E-state index contributed by atoms with van der Waals surface area (Å²) >= 11 is 0. The van der Waals surface area contributed by atoms with Crippen LogP contribution < -0.4 is 10.6 Å². The average Bonchev–Trinajstić information content (AvgIpc) is 3.13. The normalized spacial score (nSPS) is 15.4. The van der Waals surface area contributed by atoms with E-state index in [1.807, 2.05) is 36.4 Å². The van der Waals surface area contributed by atoms with Crippen molar-refractivity contribution in [3.8, 4) is 5.88 Å². The third-order valence-electron chi connectivity index (χ3n) is 5.78. The summed E-state index contributed by atoms with van der Waals surface area (Å²) in [6.45, 7) is 3.97. The average molecular weight is 428 g/mol. The number of fused-ring (bicyclic) bond motifs is 1. The van der Waals surface area contributed by atoms with Gasteiger partial charge in [0.15, 0.2) is 5.88 Å². The molecule has 32 heavy (non-hydrogen) atoms. The van der Waals surface area contributed by atoms with Gasteiger partial charge in [-0.2, -0.15) is 0 Å². The Bertz CT molecular complexity index is 1260. The predicted molar refractivity (Wildman–Crippen MR) is 128 cm³/mol. The van der Waals surface area contributed by atoms with Gasteiger partial charge in [-0.25, -0.2) is 9.98 Å². The number of aromatic nitrogens is 3. The zero-order chi connectivity index (χ0) is 22.1. The first-order valence-electron chi connectivity index (χ1n) is 10.6. The lowest BCUT2D eigenvalue weighted by Gasteiger charge is -2.33. The van der Waals surface area contributed by atoms with Gasteiger partial charge in [-0.15, -0.1) is 0 Å². The lowest BCUT2D eigenvalue weighted by Crippen LogP contribution is -2.44.